The molecule has 1 atom stereocenters. The molecule has 0 radical (unpaired) electrons. The third kappa shape index (κ3) is 3.01. The van der Waals surface area contributed by atoms with Crippen LogP contribution >= 0.6 is 0 Å². The minimum atomic E-state index is -0.359. The monoisotopic (exact) mass is 292 g/mol. The highest BCUT2D eigenvalue weighted by Gasteiger charge is 2.40. The molecule has 3 rings (SSSR count). The van der Waals surface area contributed by atoms with E-state index in [1.165, 1.54) is 25.7 Å². The van der Waals surface area contributed by atoms with Crippen molar-refractivity contribution in [1.29, 1.82) is 0 Å². The number of rotatable bonds is 2. The van der Waals surface area contributed by atoms with E-state index in [1.54, 1.807) is 19.2 Å². The number of hydrogen-bond donors (Lipinski definition) is 1. The van der Waals surface area contributed by atoms with Gasteiger partial charge in [-0.3, -0.25) is 0 Å². The maximum atomic E-state index is 9.65. The van der Waals surface area contributed by atoms with Crippen LogP contribution in [0.3, 0.4) is 0 Å². The average Bonchev–Trinajstić information content (AvgIpc) is 2.49. The minimum Gasteiger partial charge on any atom is -0.504 e. The van der Waals surface area contributed by atoms with Gasteiger partial charge in [0.05, 0.1) is 20.3 Å². The maximum absolute atomic E-state index is 9.65. The van der Waals surface area contributed by atoms with Crippen molar-refractivity contribution >= 4 is 0 Å². The second-order valence-corrected chi connectivity index (χ2v) is 6.59. The highest BCUT2D eigenvalue weighted by atomic mass is 16.7. The fourth-order valence-electron chi connectivity index (χ4n) is 3.66. The van der Waals surface area contributed by atoms with Crippen molar-refractivity contribution in [3.8, 4) is 11.5 Å². The Balaban J connectivity index is 1.68. The predicted molar refractivity (Wildman–Crippen MR) is 79.4 cm³/mol. The molecule has 0 unspecified atom stereocenters. The standard InChI is InChI=1S/C17H24O4/c1-12-4-3-7-17(9-12)10-20-16(21-11-17)13-5-6-14(18)15(8-13)19-2/h5-6,8,12,16,18H,3-4,7,9-11H2,1-2H3/t12-,16?,17?/m1/s1. The van der Waals surface area contributed by atoms with Crippen LogP contribution in [0, 0.1) is 11.3 Å². The summed E-state index contributed by atoms with van der Waals surface area (Å²) in [4.78, 5) is 0. The lowest BCUT2D eigenvalue weighted by molar-refractivity contribution is -0.242. The summed E-state index contributed by atoms with van der Waals surface area (Å²) in [6, 6.07) is 5.22. The molecule has 0 aromatic heterocycles. The van der Waals surface area contributed by atoms with E-state index in [0.717, 1.165) is 24.7 Å². The minimum absolute atomic E-state index is 0.134. The molecule has 1 aliphatic carbocycles. The number of methoxy groups -OCH3 is 1. The van der Waals surface area contributed by atoms with Gasteiger partial charge in [0, 0.05) is 11.0 Å². The first-order chi connectivity index (χ1) is 10.1. The summed E-state index contributed by atoms with van der Waals surface area (Å²) < 4.78 is 17.1. The summed E-state index contributed by atoms with van der Waals surface area (Å²) in [6.07, 6.45) is 4.62. The first kappa shape index (κ1) is 14.7. The van der Waals surface area contributed by atoms with E-state index >= 15 is 0 Å². The molecule has 1 saturated heterocycles. The van der Waals surface area contributed by atoms with Gasteiger partial charge in [-0.05, 0) is 30.9 Å². The van der Waals surface area contributed by atoms with Crippen LogP contribution in [0.4, 0.5) is 0 Å². The number of hydrogen-bond acceptors (Lipinski definition) is 4. The van der Waals surface area contributed by atoms with Gasteiger partial charge in [-0.25, -0.2) is 0 Å². The highest BCUT2D eigenvalue weighted by molar-refractivity contribution is 5.42. The van der Waals surface area contributed by atoms with Crippen LogP contribution in [-0.2, 0) is 9.47 Å². The topological polar surface area (TPSA) is 47.9 Å². The van der Waals surface area contributed by atoms with Gasteiger partial charge >= 0.3 is 0 Å². The Bertz CT molecular complexity index is 492. The zero-order valence-corrected chi connectivity index (χ0v) is 12.8. The van der Waals surface area contributed by atoms with E-state index in [1.807, 2.05) is 6.07 Å². The fourth-order valence-corrected chi connectivity index (χ4v) is 3.66. The van der Waals surface area contributed by atoms with Gasteiger partial charge in [0.25, 0.3) is 0 Å². The third-order valence-corrected chi connectivity index (χ3v) is 4.74. The second-order valence-electron chi connectivity index (χ2n) is 6.59. The van der Waals surface area contributed by atoms with Crippen molar-refractivity contribution in [1.82, 2.24) is 0 Å². The Morgan fingerprint density at radius 1 is 1.29 bits per heavy atom. The van der Waals surface area contributed by atoms with Crippen LogP contribution in [0.5, 0.6) is 11.5 Å². The van der Waals surface area contributed by atoms with Crippen LogP contribution in [0.1, 0.15) is 44.5 Å². The normalized spacial score (nSPS) is 33.0. The summed E-state index contributed by atoms with van der Waals surface area (Å²) >= 11 is 0. The predicted octanol–water partition coefficient (Wildman–Crippen LogP) is 3.64. The average molecular weight is 292 g/mol. The maximum Gasteiger partial charge on any atom is 0.183 e. The number of phenolic OH excluding ortho intramolecular Hbond substituents is 1. The summed E-state index contributed by atoms with van der Waals surface area (Å²) in [5.41, 5.74) is 1.10. The quantitative estimate of drug-likeness (QED) is 0.904. The van der Waals surface area contributed by atoms with Crippen LogP contribution < -0.4 is 4.74 Å². The molecule has 0 amide bonds. The Labute approximate surface area is 126 Å². The van der Waals surface area contributed by atoms with Gasteiger partial charge in [0.15, 0.2) is 17.8 Å². The zero-order valence-electron chi connectivity index (χ0n) is 12.8. The smallest absolute Gasteiger partial charge is 0.183 e. The largest absolute Gasteiger partial charge is 0.504 e. The molecule has 1 aromatic carbocycles. The van der Waals surface area contributed by atoms with E-state index in [2.05, 4.69) is 6.92 Å². The van der Waals surface area contributed by atoms with E-state index in [4.69, 9.17) is 14.2 Å². The number of benzene rings is 1. The summed E-state index contributed by atoms with van der Waals surface area (Å²) in [6.45, 7) is 3.83. The lowest BCUT2D eigenvalue weighted by atomic mass is 9.71. The Morgan fingerprint density at radius 3 is 2.71 bits per heavy atom. The van der Waals surface area contributed by atoms with E-state index < -0.39 is 0 Å². The molecule has 0 bridgehead atoms. The van der Waals surface area contributed by atoms with E-state index in [9.17, 15) is 5.11 Å². The molecule has 21 heavy (non-hydrogen) atoms. The summed E-state index contributed by atoms with van der Waals surface area (Å²) in [5.74, 6) is 1.34. The number of aromatic hydroxyl groups is 1. The molecular formula is C17H24O4. The van der Waals surface area contributed by atoms with Gasteiger partial charge in [-0.15, -0.1) is 0 Å². The molecule has 1 aliphatic heterocycles. The SMILES string of the molecule is COc1cc(C2OCC3(CCC[C@@H](C)C3)CO2)ccc1O. The lowest BCUT2D eigenvalue weighted by Crippen LogP contribution is -2.41. The molecule has 1 heterocycles. The van der Waals surface area contributed by atoms with Gasteiger partial charge < -0.3 is 19.3 Å². The van der Waals surface area contributed by atoms with Gasteiger partial charge in [0.1, 0.15) is 0 Å². The molecule has 4 heteroatoms. The van der Waals surface area contributed by atoms with Crippen molar-refractivity contribution in [3.63, 3.8) is 0 Å². The zero-order chi connectivity index (χ0) is 14.9. The van der Waals surface area contributed by atoms with Crippen LogP contribution in [0.2, 0.25) is 0 Å². The molecule has 1 N–H and O–H groups in total. The molecule has 116 valence electrons. The van der Waals surface area contributed by atoms with E-state index in [-0.39, 0.29) is 17.5 Å². The number of ether oxygens (including phenoxy) is 3. The van der Waals surface area contributed by atoms with Crippen molar-refractivity contribution in [3.05, 3.63) is 23.8 Å². The van der Waals surface area contributed by atoms with Crippen LogP contribution in [0.15, 0.2) is 18.2 Å². The molecule has 2 fully saturated rings. The van der Waals surface area contributed by atoms with Crippen molar-refractivity contribution in [2.75, 3.05) is 20.3 Å². The van der Waals surface area contributed by atoms with Crippen molar-refractivity contribution in [2.24, 2.45) is 11.3 Å². The first-order valence-corrected chi connectivity index (χ1v) is 7.72. The van der Waals surface area contributed by atoms with Crippen molar-refractivity contribution < 1.29 is 19.3 Å². The van der Waals surface area contributed by atoms with E-state index in [0.29, 0.717) is 5.75 Å². The Hall–Kier alpha value is -1.26. The molecule has 1 aromatic rings. The van der Waals surface area contributed by atoms with Gasteiger partial charge in [-0.1, -0.05) is 25.8 Å². The molecule has 1 spiro atoms. The molecule has 2 aliphatic rings. The highest BCUT2D eigenvalue weighted by Crippen LogP contribution is 2.44. The molecule has 1 saturated carbocycles. The summed E-state index contributed by atoms with van der Waals surface area (Å²) in [7, 11) is 1.54. The molecule has 4 nitrogen and oxygen atoms in total. The third-order valence-electron chi connectivity index (χ3n) is 4.74. The summed E-state index contributed by atoms with van der Waals surface area (Å²) in [5, 5.41) is 9.65. The number of phenols is 1. The van der Waals surface area contributed by atoms with Crippen molar-refractivity contribution in [2.45, 2.75) is 38.9 Å². The van der Waals surface area contributed by atoms with Crippen LogP contribution in [-0.4, -0.2) is 25.4 Å². The fraction of sp³-hybridized carbons (Fsp3) is 0.647. The first-order valence-electron chi connectivity index (χ1n) is 7.72. The Kier molecular flexibility index (Phi) is 4.09. The molecular weight excluding hydrogens is 268 g/mol. The van der Waals surface area contributed by atoms with Gasteiger partial charge in [0.2, 0.25) is 0 Å². The second kappa shape index (κ2) is 5.85. The van der Waals surface area contributed by atoms with Crippen LogP contribution in [0.25, 0.3) is 0 Å². The van der Waals surface area contributed by atoms with Gasteiger partial charge in [-0.2, -0.15) is 0 Å². The lowest BCUT2D eigenvalue weighted by Gasteiger charge is -2.44. The Morgan fingerprint density at radius 2 is 2.05 bits per heavy atom.